The van der Waals surface area contributed by atoms with Crippen molar-refractivity contribution in [3.8, 4) is 0 Å². The SMILES string of the molecule is CCc1ccccc1NC(=O)CN(C)C(=O)C(C)(C)C. The standard InChI is InChI=1S/C16H24N2O2/c1-6-12-9-7-8-10-13(12)17-14(19)11-18(5)15(20)16(2,3)4/h7-10H,6,11H2,1-5H3,(H,17,19). The first-order valence-corrected chi connectivity index (χ1v) is 6.89. The van der Waals surface area contributed by atoms with Gasteiger partial charge in [0, 0.05) is 18.2 Å². The molecular formula is C16H24N2O2. The number of carbonyl (C=O) groups is 2. The minimum absolute atomic E-state index is 0.0450. The lowest BCUT2D eigenvalue weighted by atomic mass is 9.95. The molecule has 1 rings (SSSR count). The number of aryl methyl sites for hydroxylation is 1. The van der Waals surface area contributed by atoms with Crippen LogP contribution in [0.2, 0.25) is 0 Å². The topological polar surface area (TPSA) is 49.4 Å². The molecule has 0 saturated carbocycles. The number of nitrogens with one attached hydrogen (secondary N) is 1. The Labute approximate surface area is 121 Å². The van der Waals surface area contributed by atoms with E-state index in [4.69, 9.17) is 0 Å². The molecule has 0 aliphatic rings. The zero-order chi connectivity index (χ0) is 15.3. The molecule has 1 N–H and O–H groups in total. The Morgan fingerprint density at radius 2 is 1.80 bits per heavy atom. The molecule has 0 atom stereocenters. The number of likely N-dealkylation sites (N-methyl/N-ethyl adjacent to an activating group) is 1. The van der Waals surface area contributed by atoms with E-state index >= 15 is 0 Å². The van der Waals surface area contributed by atoms with Crippen LogP contribution in [0.5, 0.6) is 0 Å². The molecule has 1 aromatic rings. The van der Waals surface area contributed by atoms with E-state index in [2.05, 4.69) is 5.32 Å². The van der Waals surface area contributed by atoms with E-state index in [1.807, 2.05) is 52.0 Å². The molecule has 4 heteroatoms. The van der Waals surface area contributed by atoms with Gasteiger partial charge in [0.05, 0.1) is 6.54 Å². The van der Waals surface area contributed by atoms with Gasteiger partial charge in [0.1, 0.15) is 0 Å². The van der Waals surface area contributed by atoms with Gasteiger partial charge in [-0.2, -0.15) is 0 Å². The van der Waals surface area contributed by atoms with Crippen molar-refractivity contribution in [1.82, 2.24) is 4.90 Å². The summed E-state index contributed by atoms with van der Waals surface area (Å²) in [5.41, 5.74) is 1.43. The van der Waals surface area contributed by atoms with Crippen LogP contribution in [0.25, 0.3) is 0 Å². The predicted molar refractivity (Wildman–Crippen MR) is 81.5 cm³/mol. The molecule has 20 heavy (non-hydrogen) atoms. The zero-order valence-electron chi connectivity index (χ0n) is 13.0. The van der Waals surface area contributed by atoms with Gasteiger partial charge in [-0.3, -0.25) is 9.59 Å². The summed E-state index contributed by atoms with van der Waals surface area (Å²) in [6.45, 7) is 7.64. The van der Waals surface area contributed by atoms with E-state index in [1.54, 1.807) is 7.05 Å². The van der Waals surface area contributed by atoms with Gasteiger partial charge in [-0.05, 0) is 18.1 Å². The summed E-state index contributed by atoms with van der Waals surface area (Å²) in [5.74, 6) is -0.220. The van der Waals surface area contributed by atoms with Crippen LogP contribution in [0.1, 0.15) is 33.3 Å². The highest BCUT2D eigenvalue weighted by Crippen LogP contribution is 2.17. The second-order valence-electron chi connectivity index (χ2n) is 5.97. The number of nitrogens with zero attached hydrogens (tertiary/aromatic N) is 1. The van der Waals surface area contributed by atoms with Gasteiger partial charge in [0.25, 0.3) is 0 Å². The molecule has 0 radical (unpaired) electrons. The third kappa shape index (κ3) is 4.37. The van der Waals surface area contributed by atoms with Crippen LogP contribution in [0.4, 0.5) is 5.69 Å². The minimum atomic E-state index is -0.476. The average Bonchev–Trinajstić information content (AvgIpc) is 2.37. The van der Waals surface area contributed by atoms with Crippen LogP contribution < -0.4 is 5.32 Å². The van der Waals surface area contributed by atoms with Gasteiger partial charge < -0.3 is 10.2 Å². The Balaban J connectivity index is 2.67. The second-order valence-corrected chi connectivity index (χ2v) is 5.97. The molecule has 0 saturated heterocycles. The van der Waals surface area contributed by atoms with E-state index in [9.17, 15) is 9.59 Å². The van der Waals surface area contributed by atoms with Crippen molar-refractivity contribution in [2.24, 2.45) is 5.41 Å². The van der Waals surface area contributed by atoms with Crippen molar-refractivity contribution in [2.75, 3.05) is 18.9 Å². The molecule has 0 unspecified atom stereocenters. The molecule has 4 nitrogen and oxygen atoms in total. The van der Waals surface area contributed by atoms with E-state index in [0.717, 1.165) is 17.7 Å². The lowest BCUT2D eigenvalue weighted by Crippen LogP contribution is -2.41. The third-order valence-electron chi connectivity index (χ3n) is 3.04. The first-order valence-electron chi connectivity index (χ1n) is 6.89. The maximum Gasteiger partial charge on any atom is 0.243 e. The van der Waals surface area contributed by atoms with Crippen LogP contribution in [0.3, 0.4) is 0 Å². The highest BCUT2D eigenvalue weighted by atomic mass is 16.2. The molecule has 0 aromatic heterocycles. The fourth-order valence-electron chi connectivity index (χ4n) is 2.00. The van der Waals surface area contributed by atoms with Crippen LogP contribution in [0.15, 0.2) is 24.3 Å². The van der Waals surface area contributed by atoms with E-state index in [1.165, 1.54) is 4.90 Å². The Hall–Kier alpha value is -1.84. The summed E-state index contributed by atoms with van der Waals surface area (Å²) < 4.78 is 0. The number of hydrogen-bond acceptors (Lipinski definition) is 2. The van der Waals surface area contributed by atoms with Crippen molar-refractivity contribution >= 4 is 17.5 Å². The minimum Gasteiger partial charge on any atom is -0.336 e. The van der Waals surface area contributed by atoms with Crippen LogP contribution in [0, 0.1) is 5.41 Å². The number of rotatable bonds is 4. The molecule has 0 fully saturated rings. The number of para-hydroxylation sites is 1. The zero-order valence-corrected chi connectivity index (χ0v) is 13.0. The monoisotopic (exact) mass is 276 g/mol. The first kappa shape index (κ1) is 16.2. The molecular weight excluding hydrogens is 252 g/mol. The highest BCUT2D eigenvalue weighted by molar-refractivity contribution is 5.95. The van der Waals surface area contributed by atoms with E-state index in [0.29, 0.717) is 0 Å². The first-order chi connectivity index (χ1) is 9.25. The van der Waals surface area contributed by atoms with Crippen molar-refractivity contribution in [2.45, 2.75) is 34.1 Å². The number of amides is 2. The maximum atomic E-state index is 12.0. The van der Waals surface area contributed by atoms with Crippen molar-refractivity contribution in [3.63, 3.8) is 0 Å². The second kappa shape index (κ2) is 6.55. The number of anilines is 1. The predicted octanol–water partition coefficient (Wildman–Crippen LogP) is 2.69. The normalized spacial score (nSPS) is 11.1. The highest BCUT2D eigenvalue weighted by Gasteiger charge is 2.26. The largest absolute Gasteiger partial charge is 0.336 e. The van der Waals surface area contributed by atoms with Gasteiger partial charge in [0.2, 0.25) is 11.8 Å². The van der Waals surface area contributed by atoms with Crippen molar-refractivity contribution in [1.29, 1.82) is 0 Å². The van der Waals surface area contributed by atoms with Crippen LogP contribution >= 0.6 is 0 Å². The fraction of sp³-hybridized carbons (Fsp3) is 0.500. The molecule has 0 heterocycles. The molecule has 0 aliphatic carbocycles. The smallest absolute Gasteiger partial charge is 0.243 e. The summed E-state index contributed by atoms with van der Waals surface area (Å²) in [5, 5.41) is 2.87. The van der Waals surface area contributed by atoms with Crippen LogP contribution in [-0.2, 0) is 16.0 Å². The van der Waals surface area contributed by atoms with E-state index < -0.39 is 5.41 Å². The summed E-state index contributed by atoms with van der Waals surface area (Å²) in [6, 6.07) is 7.70. The number of hydrogen-bond donors (Lipinski definition) is 1. The summed E-state index contributed by atoms with van der Waals surface area (Å²) in [4.78, 5) is 25.5. The molecule has 1 aromatic carbocycles. The van der Waals surface area contributed by atoms with E-state index in [-0.39, 0.29) is 18.4 Å². The van der Waals surface area contributed by atoms with Crippen molar-refractivity contribution < 1.29 is 9.59 Å². The number of carbonyl (C=O) groups excluding carboxylic acids is 2. The average molecular weight is 276 g/mol. The summed E-state index contributed by atoms with van der Waals surface area (Å²) >= 11 is 0. The fourth-order valence-corrected chi connectivity index (χ4v) is 2.00. The van der Waals surface area contributed by atoms with Gasteiger partial charge in [-0.25, -0.2) is 0 Å². The van der Waals surface area contributed by atoms with Gasteiger partial charge in [0.15, 0.2) is 0 Å². The summed E-state index contributed by atoms with van der Waals surface area (Å²) in [6.07, 6.45) is 0.854. The lowest BCUT2D eigenvalue weighted by Gasteiger charge is -2.25. The molecule has 0 bridgehead atoms. The number of benzene rings is 1. The summed E-state index contributed by atoms with van der Waals surface area (Å²) in [7, 11) is 1.65. The lowest BCUT2D eigenvalue weighted by molar-refractivity contribution is -0.140. The molecule has 110 valence electrons. The van der Waals surface area contributed by atoms with Crippen LogP contribution in [-0.4, -0.2) is 30.3 Å². The van der Waals surface area contributed by atoms with Crippen molar-refractivity contribution in [3.05, 3.63) is 29.8 Å². The quantitative estimate of drug-likeness (QED) is 0.919. The Kier molecular flexibility index (Phi) is 5.31. The maximum absolute atomic E-state index is 12.0. The third-order valence-corrected chi connectivity index (χ3v) is 3.04. The Bertz CT molecular complexity index is 489. The molecule has 0 aliphatic heterocycles. The van der Waals surface area contributed by atoms with Gasteiger partial charge >= 0.3 is 0 Å². The van der Waals surface area contributed by atoms with Gasteiger partial charge in [-0.1, -0.05) is 45.9 Å². The Morgan fingerprint density at radius 1 is 1.20 bits per heavy atom. The van der Waals surface area contributed by atoms with Gasteiger partial charge in [-0.15, -0.1) is 0 Å². The molecule has 0 spiro atoms. The molecule has 2 amide bonds. The Morgan fingerprint density at radius 3 is 2.35 bits per heavy atom.